The summed E-state index contributed by atoms with van der Waals surface area (Å²) in [7, 11) is 0. The van der Waals surface area contributed by atoms with Crippen molar-refractivity contribution >= 4 is 50.6 Å². The van der Waals surface area contributed by atoms with Crippen LogP contribution in [-0.4, -0.2) is 41.3 Å². The average Bonchev–Trinajstić information content (AvgIpc) is 3.02. The Balaban J connectivity index is 2.20. The predicted octanol–water partition coefficient (Wildman–Crippen LogP) is 5.81. The first-order valence-electron chi connectivity index (χ1n) is 9.90. The van der Waals surface area contributed by atoms with E-state index in [-0.39, 0.29) is 23.9 Å². The van der Waals surface area contributed by atoms with E-state index < -0.39 is 11.2 Å². The average molecular weight is 580 g/mol. The molecule has 29 heavy (non-hydrogen) atoms. The van der Waals surface area contributed by atoms with Gasteiger partial charge in [0.15, 0.2) is 0 Å². The zero-order chi connectivity index (χ0) is 22.0. The van der Waals surface area contributed by atoms with Crippen LogP contribution in [0.5, 0.6) is 0 Å². The Morgan fingerprint density at radius 2 is 1.79 bits per heavy atom. The maximum Gasteiger partial charge on any atom is 0.410 e. The maximum atomic E-state index is 13.1. The minimum atomic E-state index is -0.554. The fourth-order valence-corrected chi connectivity index (χ4v) is 4.33. The van der Waals surface area contributed by atoms with Crippen molar-refractivity contribution in [3.63, 3.8) is 0 Å². The van der Waals surface area contributed by atoms with Crippen molar-refractivity contribution in [2.75, 3.05) is 13.1 Å². The van der Waals surface area contributed by atoms with E-state index in [1.807, 2.05) is 53.7 Å². The van der Waals surface area contributed by atoms with Gasteiger partial charge < -0.3 is 14.4 Å². The summed E-state index contributed by atoms with van der Waals surface area (Å²) in [5.41, 5.74) is -0.0181. The normalized spacial score (nSPS) is 18.5. The molecule has 1 heterocycles. The summed E-state index contributed by atoms with van der Waals surface area (Å²) in [6.45, 7) is 12.3. The fourth-order valence-electron chi connectivity index (χ4n) is 3.36. The van der Waals surface area contributed by atoms with E-state index in [0.29, 0.717) is 19.5 Å². The third-order valence-corrected chi connectivity index (χ3v) is 6.05. The van der Waals surface area contributed by atoms with Crippen molar-refractivity contribution in [3.8, 4) is 0 Å². The lowest BCUT2D eigenvalue weighted by Crippen LogP contribution is -2.38. The van der Waals surface area contributed by atoms with Gasteiger partial charge in [0.1, 0.15) is 11.2 Å². The Morgan fingerprint density at radius 1 is 1.17 bits per heavy atom. The van der Waals surface area contributed by atoms with Gasteiger partial charge in [-0.15, -0.1) is 0 Å². The van der Waals surface area contributed by atoms with Crippen LogP contribution in [0.1, 0.15) is 53.5 Å². The SMILES string of the molecule is CC(C)(C)OC(=O)[C@@H](Cc1cc(I)ccc1Br)[C@H]1CCN(C(=O)OC(C)(C)C)C1. The van der Waals surface area contributed by atoms with Gasteiger partial charge in [0, 0.05) is 21.1 Å². The monoisotopic (exact) mass is 579 g/mol. The van der Waals surface area contributed by atoms with Gasteiger partial charge in [0.25, 0.3) is 0 Å². The molecule has 162 valence electrons. The molecule has 1 aromatic rings. The molecule has 0 spiro atoms. The largest absolute Gasteiger partial charge is 0.460 e. The standard InChI is InChI=1S/C22H31BrINO4/c1-21(2,3)28-19(26)17(12-15-11-16(24)7-8-18(15)23)14-9-10-25(13-14)20(27)29-22(4,5)6/h7-8,11,14,17H,9-10,12-13H2,1-6H3/t14-,17-/m0/s1. The minimum Gasteiger partial charge on any atom is -0.460 e. The number of rotatable bonds is 4. The van der Waals surface area contributed by atoms with Crippen LogP contribution >= 0.6 is 38.5 Å². The lowest BCUT2D eigenvalue weighted by atomic mass is 9.86. The van der Waals surface area contributed by atoms with E-state index in [9.17, 15) is 9.59 Å². The van der Waals surface area contributed by atoms with Gasteiger partial charge in [-0.25, -0.2) is 4.79 Å². The topological polar surface area (TPSA) is 55.8 Å². The van der Waals surface area contributed by atoms with Crippen LogP contribution in [0.3, 0.4) is 0 Å². The Morgan fingerprint density at radius 3 is 2.38 bits per heavy atom. The molecule has 1 amide bonds. The lowest BCUT2D eigenvalue weighted by molar-refractivity contribution is -0.161. The molecule has 0 unspecified atom stereocenters. The van der Waals surface area contributed by atoms with Crippen molar-refractivity contribution in [1.29, 1.82) is 0 Å². The number of carbonyl (C=O) groups is 2. The predicted molar refractivity (Wildman–Crippen MR) is 126 cm³/mol. The number of nitrogens with zero attached hydrogens (tertiary/aromatic N) is 1. The van der Waals surface area contributed by atoms with E-state index in [4.69, 9.17) is 9.47 Å². The Bertz CT molecular complexity index is 754. The maximum absolute atomic E-state index is 13.1. The molecule has 0 N–H and O–H groups in total. The van der Waals surface area contributed by atoms with Gasteiger partial charge in [-0.3, -0.25) is 4.79 Å². The zero-order valence-electron chi connectivity index (χ0n) is 18.1. The number of esters is 1. The highest BCUT2D eigenvalue weighted by Crippen LogP contribution is 2.32. The lowest BCUT2D eigenvalue weighted by Gasteiger charge is -2.28. The molecule has 7 heteroatoms. The Labute approximate surface area is 196 Å². The van der Waals surface area contributed by atoms with Gasteiger partial charge in [-0.1, -0.05) is 15.9 Å². The van der Waals surface area contributed by atoms with Gasteiger partial charge >= 0.3 is 12.1 Å². The molecular formula is C22H31BrINO4. The number of amides is 1. The van der Waals surface area contributed by atoms with Crippen molar-refractivity contribution in [2.24, 2.45) is 11.8 Å². The highest BCUT2D eigenvalue weighted by Gasteiger charge is 2.39. The fraction of sp³-hybridized carbons (Fsp3) is 0.636. The summed E-state index contributed by atoms with van der Waals surface area (Å²) in [5, 5.41) is 0. The summed E-state index contributed by atoms with van der Waals surface area (Å²) >= 11 is 5.88. The Kier molecular flexibility index (Phi) is 8.04. The molecular weight excluding hydrogens is 549 g/mol. The van der Waals surface area contributed by atoms with Crippen LogP contribution in [0.15, 0.2) is 22.7 Å². The molecule has 0 aliphatic carbocycles. The van der Waals surface area contributed by atoms with E-state index in [1.165, 1.54) is 0 Å². The molecule has 2 rings (SSSR count). The molecule has 2 atom stereocenters. The Hall–Kier alpha value is -0.830. The number of halogens is 2. The second-order valence-corrected chi connectivity index (χ2v) is 11.7. The van der Waals surface area contributed by atoms with Crippen molar-refractivity contribution in [2.45, 2.75) is 65.6 Å². The number of carbonyl (C=O) groups excluding carboxylic acids is 2. The molecule has 0 aromatic heterocycles. The molecule has 1 saturated heterocycles. The van der Waals surface area contributed by atoms with E-state index in [1.54, 1.807) is 4.90 Å². The van der Waals surface area contributed by atoms with Crippen LogP contribution < -0.4 is 0 Å². The van der Waals surface area contributed by atoms with Crippen LogP contribution in [0.25, 0.3) is 0 Å². The molecule has 0 bridgehead atoms. The number of benzene rings is 1. The first-order valence-corrected chi connectivity index (χ1v) is 11.8. The number of ether oxygens (including phenoxy) is 2. The van der Waals surface area contributed by atoms with Gasteiger partial charge in [-0.05, 0) is 107 Å². The first-order chi connectivity index (χ1) is 13.2. The minimum absolute atomic E-state index is 0.0298. The quantitative estimate of drug-likeness (QED) is 0.334. The summed E-state index contributed by atoms with van der Waals surface area (Å²) in [6, 6.07) is 6.12. The molecule has 1 aliphatic heterocycles. The second kappa shape index (κ2) is 9.54. The van der Waals surface area contributed by atoms with Crippen LogP contribution in [0, 0.1) is 15.4 Å². The molecule has 0 saturated carbocycles. The summed E-state index contributed by atoms with van der Waals surface area (Å²) in [4.78, 5) is 27.2. The molecule has 0 radical (unpaired) electrons. The van der Waals surface area contributed by atoms with E-state index in [2.05, 4.69) is 44.6 Å². The highest BCUT2D eigenvalue weighted by atomic mass is 127. The van der Waals surface area contributed by atoms with Gasteiger partial charge in [-0.2, -0.15) is 0 Å². The smallest absolute Gasteiger partial charge is 0.410 e. The molecule has 1 aromatic carbocycles. The molecule has 1 fully saturated rings. The molecule has 5 nitrogen and oxygen atoms in total. The van der Waals surface area contributed by atoms with Crippen LogP contribution in [-0.2, 0) is 20.7 Å². The number of hydrogen-bond acceptors (Lipinski definition) is 4. The van der Waals surface area contributed by atoms with Crippen LogP contribution in [0.2, 0.25) is 0 Å². The van der Waals surface area contributed by atoms with Crippen molar-refractivity contribution in [3.05, 3.63) is 31.8 Å². The summed E-state index contributed by atoms with van der Waals surface area (Å²) < 4.78 is 13.3. The van der Waals surface area contributed by atoms with Crippen molar-refractivity contribution in [1.82, 2.24) is 4.90 Å². The third kappa shape index (κ3) is 7.74. The van der Waals surface area contributed by atoms with E-state index in [0.717, 1.165) is 20.0 Å². The highest BCUT2D eigenvalue weighted by molar-refractivity contribution is 14.1. The number of hydrogen-bond donors (Lipinski definition) is 0. The second-order valence-electron chi connectivity index (χ2n) is 9.55. The summed E-state index contributed by atoms with van der Waals surface area (Å²) in [6.07, 6.45) is 1.00. The van der Waals surface area contributed by atoms with Gasteiger partial charge in [0.05, 0.1) is 5.92 Å². The zero-order valence-corrected chi connectivity index (χ0v) is 21.8. The third-order valence-electron chi connectivity index (χ3n) is 4.60. The van der Waals surface area contributed by atoms with E-state index >= 15 is 0 Å². The summed E-state index contributed by atoms with van der Waals surface area (Å²) in [5.74, 6) is -0.502. The number of likely N-dealkylation sites (tertiary alicyclic amines) is 1. The molecule has 1 aliphatic rings. The first kappa shape index (κ1) is 24.4. The van der Waals surface area contributed by atoms with Gasteiger partial charge in [0.2, 0.25) is 0 Å². The van der Waals surface area contributed by atoms with Crippen molar-refractivity contribution < 1.29 is 19.1 Å². The van der Waals surface area contributed by atoms with Crippen LogP contribution in [0.4, 0.5) is 4.79 Å².